The van der Waals surface area contributed by atoms with Crippen LogP contribution in [0.3, 0.4) is 0 Å². The van der Waals surface area contributed by atoms with E-state index in [9.17, 15) is 0 Å². The number of halogens is 1. The molecule has 0 spiro atoms. The van der Waals surface area contributed by atoms with Gasteiger partial charge in [-0.1, -0.05) is 48.0 Å². The van der Waals surface area contributed by atoms with Gasteiger partial charge in [0, 0.05) is 33.2 Å². The van der Waals surface area contributed by atoms with E-state index in [4.69, 9.17) is 4.74 Å². The zero-order valence-corrected chi connectivity index (χ0v) is 21.2. The van der Waals surface area contributed by atoms with Gasteiger partial charge in [-0.05, 0) is 36.1 Å². The van der Waals surface area contributed by atoms with Gasteiger partial charge in [-0.2, -0.15) is 5.10 Å². The molecule has 0 bridgehead atoms. The molecule has 3 aromatic rings. The first-order valence-electron chi connectivity index (χ1n) is 10.7. The number of nitrogens with zero attached hydrogens (tertiary/aromatic N) is 4. The smallest absolute Gasteiger partial charge is 0.191 e. The van der Waals surface area contributed by atoms with Crippen LogP contribution >= 0.6 is 24.0 Å². The Balaban J connectivity index is 0.00000289. The van der Waals surface area contributed by atoms with E-state index in [1.165, 1.54) is 22.3 Å². The third kappa shape index (κ3) is 6.07. The summed E-state index contributed by atoms with van der Waals surface area (Å²) in [5, 5.41) is 11.5. The third-order valence-corrected chi connectivity index (χ3v) is 5.48. The van der Waals surface area contributed by atoms with Crippen molar-refractivity contribution in [2.75, 3.05) is 14.2 Å². The van der Waals surface area contributed by atoms with Gasteiger partial charge in [0.25, 0.3) is 0 Å². The van der Waals surface area contributed by atoms with Crippen LogP contribution in [0.25, 0.3) is 11.1 Å². The summed E-state index contributed by atoms with van der Waals surface area (Å²) in [6.07, 6.45) is 1.89. The number of hydrogen-bond acceptors (Lipinski definition) is 4. The van der Waals surface area contributed by atoms with Crippen molar-refractivity contribution < 1.29 is 4.74 Å². The molecule has 2 N–H and O–H groups in total. The third-order valence-electron chi connectivity index (χ3n) is 5.48. The van der Waals surface area contributed by atoms with Crippen molar-refractivity contribution in [3.8, 4) is 11.1 Å². The quantitative estimate of drug-likeness (QED) is 0.280. The molecule has 1 atom stereocenters. The number of ether oxygens (including phenoxy) is 1. The van der Waals surface area contributed by atoms with Crippen molar-refractivity contribution in [1.82, 2.24) is 25.4 Å². The number of rotatable bonds is 6. The molecule has 1 aromatic heterocycles. The lowest BCUT2D eigenvalue weighted by molar-refractivity contribution is 0.177. The van der Waals surface area contributed by atoms with Crippen molar-refractivity contribution in [3.63, 3.8) is 0 Å². The predicted octanol–water partition coefficient (Wildman–Crippen LogP) is 3.70. The molecule has 0 amide bonds. The number of methoxy groups -OCH3 is 1. The SMILES string of the molecule is CN=C(NCc1cccc(-c2cccc(C)c2)c1)NC1CCc2nc(COC)nn2C1.I. The van der Waals surface area contributed by atoms with Crippen molar-refractivity contribution in [2.45, 2.75) is 45.5 Å². The Bertz CT molecular complexity index is 1060. The number of aliphatic imine (C=N–C) groups is 1. The Morgan fingerprint density at radius 2 is 1.97 bits per heavy atom. The molecule has 0 saturated heterocycles. The first-order valence-corrected chi connectivity index (χ1v) is 10.7. The van der Waals surface area contributed by atoms with Gasteiger partial charge < -0.3 is 15.4 Å². The number of aryl methyl sites for hydroxylation is 2. The van der Waals surface area contributed by atoms with Gasteiger partial charge in [0.05, 0.1) is 6.54 Å². The van der Waals surface area contributed by atoms with Crippen LogP contribution in [0.1, 0.15) is 29.2 Å². The number of fused-ring (bicyclic) bond motifs is 1. The van der Waals surface area contributed by atoms with Crippen LogP contribution in [0.2, 0.25) is 0 Å². The summed E-state index contributed by atoms with van der Waals surface area (Å²) < 4.78 is 7.13. The molecule has 7 nitrogen and oxygen atoms in total. The van der Waals surface area contributed by atoms with Crippen LogP contribution in [-0.4, -0.2) is 40.9 Å². The maximum atomic E-state index is 5.15. The molecule has 1 aliphatic heterocycles. The molecule has 1 unspecified atom stereocenters. The predicted molar refractivity (Wildman–Crippen MR) is 138 cm³/mol. The van der Waals surface area contributed by atoms with Crippen molar-refractivity contribution >= 4 is 29.9 Å². The Kier molecular flexibility index (Phi) is 8.63. The van der Waals surface area contributed by atoms with Gasteiger partial charge in [-0.25, -0.2) is 9.67 Å². The van der Waals surface area contributed by atoms with Gasteiger partial charge in [0.1, 0.15) is 12.4 Å². The highest BCUT2D eigenvalue weighted by atomic mass is 127. The Morgan fingerprint density at radius 3 is 2.72 bits per heavy atom. The topological polar surface area (TPSA) is 76.4 Å². The van der Waals surface area contributed by atoms with Gasteiger partial charge in [0.2, 0.25) is 0 Å². The number of guanidine groups is 1. The fraction of sp³-hybridized carbons (Fsp3) is 0.375. The van der Waals surface area contributed by atoms with Gasteiger partial charge in [-0.15, -0.1) is 24.0 Å². The highest BCUT2D eigenvalue weighted by Gasteiger charge is 2.22. The molecular weight excluding hydrogens is 515 g/mol. The maximum Gasteiger partial charge on any atom is 0.191 e. The van der Waals surface area contributed by atoms with E-state index in [-0.39, 0.29) is 30.0 Å². The molecule has 0 radical (unpaired) electrons. The second-order valence-corrected chi connectivity index (χ2v) is 7.93. The minimum Gasteiger partial charge on any atom is -0.377 e. The number of hydrogen-bond donors (Lipinski definition) is 2. The summed E-state index contributed by atoms with van der Waals surface area (Å²) in [7, 11) is 3.47. The van der Waals surface area contributed by atoms with Gasteiger partial charge in [-0.3, -0.25) is 4.99 Å². The van der Waals surface area contributed by atoms with Crippen LogP contribution in [0, 0.1) is 6.92 Å². The minimum atomic E-state index is 0. The average molecular weight is 546 g/mol. The molecule has 32 heavy (non-hydrogen) atoms. The highest BCUT2D eigenvalue weighted by Crippen LogP contribution is 2.21. The zero-order valence-electron chi connectivity index (χ0n) is 18.8. The molecule has 2 aromatic carbocycles. The molecule has 0 saturated carbocycles. The summed E-state index contributed by atoms with van der Waals surface area (Å²) in [6.45, 7) is 4.05. The van der Waals surface area contributed by atoms with E-state index < -0.39 is 0 Å². The zero-order chi connectivity index (χ0) is 21.6. The van der Waals surface area contributed by atoms with Crippen molar-refractivity contribution in [3.05, 3.63) is 71.3 Å². The normalized spacial score (nSPS) is 15.6. The Labute approximate surface area is 206 Å². The second kappa shape index (κ2) is 11.4. The van der Waals surface area contributed by atoms with E-state index >= 15 is 0 Å². The minimum absolute atomic E-state index is 0. The van der Waals surface area contributed by atoms with E-state index in [1.807, 2.05) is 4.68 Å². The standard InChI is InChI=1S/C24H30N6O.HI/c1-17-6-4-8-19(12-17)20-9-5-7-18(13-20)14-26-24(25-2)27-21-10-11-23-28-22(16-31-3)29-30(23)15-21;/h4-9,12-13,21H,10-11,14-16H2,1-3H3,(H2,25,26,27);1H. The number of nitrogens with one attached hydrogen (secondary N) is 2. The van der Waals surface area contributed by atoms with Gasteiger partial charge in [0.15, 0.2) is 11.8 Å². The van der Waals surface area contributed by atoms with E-state index in [0.717, 1.165) is 37.0 Å². The molecular formula is C24H31IN6O. The summed E-state index contributed by atoms with van der Waals surface area (Å²) in [4.78, 5) is 8.95. The summed E-state index contributed by atoms with van der Waals surface area (Å²) >= 11 is 0. The molecule has 0 fully saturated rings. The largest absolute Gasteiger partial charge is 0.377 e. The van der Waals surface area contributed by atoms with Crippen molar-refractivity contribution in [1.29, 1.82) is 0 Å². The molecule has 170 valence electrons. The second-order valence-electron chi connectivity index (χ2n) is 7.93. The van der Waals surface area contributed by atoms with Crippen LogP contribution in [0.15, 0.2) is 53.5 Å². The van der Waals surface area contributed by atoms with Gasteiger partial charge >= 0.3 is 0 Å². The lowest BCUT2D eigenvalue weighted by Crippen LogP contribution is -2.46. The fourth-order valence-electron chi connectivity index (χ4n) is 3.93. The fourth-order valence-corrected chi connectivity index (χ4v) is 3.93. The summed E-state index contributed by atoms with van der Waals surface area (Å²) in [5.74, 6) is 2.57. The van der Waals surface area contributed by atoms with Crippen molar-refractivity contribution in [2.24, 2.45) is 4.99 Å². The Morgan fingerprint density at radius 1 is 1.19 bits per heavy atom. The monoisotopic (exact) mass is 546 g/mol. The molecule has 1 aliphatic rings. The molecule has 2 heterocycles. The van der Waals surface area contributed by atoms with E-state index in [0.29, 0.717) is 13.2 Å². The van der Waals surface area contributed by atoms with E-state index in [2.05, 4.69) is 81.2 Å². The van der Waals surface area contributed by atoms with Crippen LogP contribution in [0.4, 0.5) is 0 Å². The lowest BCUT2D eigenvalue weighted by atomic mass is 10.0. The maximum absolute atomic E-state index is 5.15. The van der Waals surface area contributed by atoms with E-state index in [1.54, 1.807) is 14.2 Å². The summed E-state index contributed by atoms with van der Waals surface area (Å²) in [6, 6.07) is 17.5. The first kappa shape index (κ1) is 24.2. The highest BCUT2D eigenvalue weighted by molar-refractivity contribution is 14.0. The molecule has 0 aliphatic carbocycles. The average Bonchev–Trinajstić information content (AvgIpc) is 3.19. The number of aromatic nitrogens is 3. The first-order chi connectivity index (χ1) is 15.1. The lowest BCUT2D eigenvalue weighted by Gasteiger charge is -2.25. The Hall–Kier alpha value is -2.46. The molecule has 8 heteroatoms. The number of benzene rings is 2. The van der Waals surface area contributed by atoms with Crippen LogP contribution < -0.4 is 10.6 Å². The van der Waals surface area contributed by atoms with Crippen LogP contribution in [-0.2, 0) is 30.9 Å². The molecule has 4 rings (SSSR count). The van der Waals surface area contributed by atoms with Crippen LogP contribution in [0.5, 0.6) is 0 Å². The summed E-state index contributed by atoms with van der Waals surface area (Å²) in [5.41, 5.74) is 4.95.